The van der Waals surface area contributed by atoms with Gasteiger partial charge in [0.2, 0.25) is 0 Å². The molecule has 0 bridgehead atoms. The van der Waals surface area contributed by atoms with Crippen LogP contribution in [-0.4, -0.2) is 6.54 Å². The summed E-state index contributed by atoms with van der Waals surface area (Å²) in [5.41, 5.74) is 15.4. The zero-order valence-corrected chi connectivity index (χ0v) is 17.7. The molecule has 2 nitrogen and oxygen atoms in total. The highest BCUT2D eigenvalue weighted by atomic mass is 14.5. The molecule has 5 aromatic rings. The lowest BCUT2D eigenvalue weighted by Gasteiger charge is -2.25. The summed E-state index contributed by atoms with van der Waals surface area (Å²) in [4.78, 5) is 0. The van der Waals surface area contributed by atoms with Crippen LogP contribution in [0.1, 0.15) is 17.5 Å². The molecule has 0 radical (unpaired) electrons. The van der Waals surface area contributed by atoms with Crippen LogP contribution in [0.5, 0.6) is 0 Å². The molecule has 0 saturated heterocycles. The Balaban J connectivity index is 0.000000157. The molecule has 0 fully saturated rings. The molecule has 31 heavy (non-hydrogen) atoms. The van der Waals surface area contributed by atoms with E-state index in [-0.39, 0.29) is 0 Å². The van der Waals surface area contributed by atoms with Crippen molar-refractivity contribution in [3.8, 4) is 0 Å². The molecule has 1 unspecified atom stereocenters. The fraction of sp³-hybridized carbons (Fsp3) is 0.172. The molecule has 2 heteroatoms. The van der Waals surface area contributed by atoms with Gasteiger partial charge in [0.05, 0.1) is 0 Å². The largest absolute Gasteiger partial charge is 0.399 e. The van der Waals surface area contributed by atoms with Crippen LogP contribution < -0.4 is 11.5 Å². The average Bonchev–Trinajstić information content (AvgIpc) is 2.83. The van der Waals surface area contributed by atoms with Crippen LogP contribution >= 0.6 is 0 Å². The second kappa shape index (κ2) is 8.41. The Morgan fingerprint density at radius 1 is 0.677 bits per heavy atom. The first-order chi connectivity index (χ1) is 15.2. The highest BCUT2D eigenvalue weighted by molar-refractivity contribution is 6.08. The van der Waals surface area contributed by atoms with Gasteiger partial charge in [-0.1, -0.05) is 78.9 Å². The Kier molecular flexibility index (Phi) is 5.31. The predicted molar refractivity (Wildman–Crippen MR) is 134 cm³/mol. The van der Waals surface area contributed by atoms with E-state index in [1.54, 1.807) is 5.56 Å². The number of hydrogen-bond acceptors (Lipinski definition) is 2. The number of rotatable bonds is 1. The molecular formula is C29H28N2. The minimum Gasteiger partial charge on any atom is -0.399 e. The fourth-order valence-corrected chi connectivity index (χ4v) is 4.85. The number of benzene rings is 5. The molecule has 0 aliphatic heterocycles. The summed E-state index contributed by atoms with van der Waals surface area (Å²) in [6, 6.07) is 32.0. The van der Waals surface area contributed by atoms with Gasteiger partial charge in [0.15, 0.2) is 0 Å². The Labute approximate surface area is 183 Å². The van der Waals surface area contributed by atoms with Crippen molar-refractivity contribution in [2.24, 2.45) is 11.7 Å². The van der Waals surface area contributed by atoms with Gasteiger partial charge in [-0.25, -0.2) is 0 Å². The van der Waals surface area contributed by atoms with E-state index in [1.165, 1.54) is 50.7 Å². The van der Waals surface area contributed by atoms with E-state index in [1.807, 2.05) is 30.3 Å². The summed E-state index contributed by atoms with van der Waals surface area (Å²) in [7, 11) is 0. The van der Waals surface area contributed by atoms with E-state index >= 15 is 0 Å². The van der Waals surface area contributed by atoms with E-state index < -0.39 is 0 Å². The van der Waals surface area contributed by atoms with Crippen molar-refractivity contribution in [2.75, 3.05) is 12.3 Å². The van der Waals surface area contributed by atoms with Crippen LogP contribution in [0.25, 0.3) is 32.3 Å². The zero-order chi connectivity index (χ0) is 21.2. The van der Waals surface area contributed by atoms with Gasteiger partial charge in [-0.3, -0.25) is 0 Å². The molecule has 0 heterocycles. The molecular weight excluding hydrogens is 376 g/mol. The molecule has 0 amide bonds. The van der Waals surface area contributed by atoms with Gasteiger partial charge >= 0.3 is 0 Å². The molecule has 6 rings (SSSR count). The third-order valence-corrected chi connectivity index (χ3v) is 6.55. The van der Waals surface area contributed by atoms with Gasteiger partial charge in [-0.15, -0.1) is 0 Å². The first-order valence-corrected chi connectivity index (χ1v) is 11.1. The molecule has 0 saturated carbocycles. The van der Waals surface area contributed by atoms with Crippen molar-refractivity contribution in [1.82, 2.24) is 0 Å². The second-order valence-corrected chi connectivity index (χ2v) is 8.54. The van der Waals surface area contributed by atoms with Gasteiger partial charge in [0, 0.05) is 5.69 Å². The summed E-state index contributed by atoms with van der Waals surface area (Å²) < 4.78 is 0. The normalized spacial score (nSPS) is 15.5. The number of hydrogen-bond donors (Lipinski definition) is 2. The highest BCUT2D eigenvalue weighted by Gasteiger charge is 2.19. The van der Waals surface area contributed by atoms with Crippen LogP contribution in [-0.2, 0) is 12.8 Å². The Morgan fingerprint density at radius 2 is 1.39 bits per heavy atom. The molecule has 0 aromatic heterocycles. The average molecular weight is 405 g/mol. The molecule has 154 valence electrons. The minimum atomic E-state index is 0.667. The van der Waals surface area contributed by atoms with E-state index in [0.717, 1.165) is 18.7 Å². The fourth-order valence-electron chi connectivity index (χ4n) is 4.85. The molecule has 0 spiro atoms. The van der Waals surface area contributed by atoms with Gasteiger partial charge in [-0.2, -0.15) is 0 Å². The van der Waals surface area contributed by atoms with Gasteiger partial charge < -0.3 is 11.5 Å². The summed E-state index contributed by atoms with van der Waals surface area (Å²) in [5.74, 6) is 0.667. The second-order valence-electron chi connectivity index (χ2n) is 8.54. The number of nitrogens with two attached hydrogens (primary N) is 2. The Morgan fingerprint density at radius 3 is 2.23 bits per heavy atom. The smallest absolute Gasteiger partial charge is 0.0320 e. The summed E-state index contributed by atoms with van der Waals surface area (Å²) >= 11 is 0. The molecule has 5 aromatic carbocycles. The van der Waals surface area contributed by atoms with Crippen molar-refractivity contribution in [2.45, 2.75) is 19.3 Å². The molecule has 1 aliphatic rings. The predicted octanol–water partition coefficient (Wildman–Crippen LogP) is 6.48. The van der Waals surface area contributed by atoms with Crippen molar-refractivity contribution in [1.29, 1.82) is 0 Å². The molecule has 1 atom stereocenters. The van der Waals surface area contributed by atoms with Crippen molar-refractivity contribution in [3.63, 3.8) is 0 Å². The van der Waals surface area contributed by atoms with Crippen LogP contribution in [0, 0.1) is 5.92 Å². The topological polar surface area (TPSA) is 52.0 Å². The highest BCUT2D eigenvalue weighted by Crippen LogP contribution is 2.34. The third kappa shape index (κ3) is 3.87. The zero-order valence-electron chi connectivity index (χ0n) is 17.7. The lowest BCUT2D eigenvalue weighted by atomic mass is 9.81. The first kappa shape index (κ1) is 19.6. The van der Waals surface area contributed by atoms with Crippen LogP contribution in [0.2, 0.25) is 0 Å². The van der Waals surface area contributed by atoms with E-state index in [0.29, 0.717) is 5.92 Å². The molecule has 1 aliphatic carbocycles. The number of nitrogen functional groups attached to an aromatic ring is 1. The minimum absolute atomic E-state index is 0.667. The Hall–Kier alpha value is -3.36. The number of anilines is 1. The van der Waals surface area contributed by atoms with Crippen molar-refractivity contribution < 1.29 is 0 Å². The standard InChI is InChI=1S/C19H19N.C10H9N/c20-12-13-5-8-17-15(11-13)7-10-18-16-4-2-1-3-14(16)6-9-19(17)18;11-10-6-5-8-3-1-2-4-9(8)7-10/h1-4,6-7,9-10,13H,5,8,11-12,20H2;1-7H,11H2. The lowest BCUT2D eigenvalue weighted by Crippen LogP contribution is -2.22. The van der Waals surface area contributed by atoms with Crippen LogP contribution in [0.15, 0.2) is 91.0 Å². The quantitative estimate of drug-likeness (QED) is 0.248. The maximum atomic E-state index is 5.85. The monoisotopic (exact) mass is 404 g/mol. The molecule has 4 N–H and O–H groups in total. The van der Waals surface area contributed by atoms with E-state index in [4.69, 9.17) is 11.5 Å². The lowest BCUT2D eigenvalue weighted by molar-refractivity contribution is 0.470. The van der Waals surface area contributed by atoms with Crippen LogP contribution in [0.4, 0.5) is 5.69 Å². The summed E-state index contributed by atoms with van der Waals surface area (Å²) in [6.45, 7) is 0.815. The number of fused-ring (bicyclic) bond motifs is 6. The van der Waals surface area contributed by atoms with Gasteiger partial charge in [0.1, 0.15) is 0 Å². The summed E-state index contributed by atoms with van der Waals surface area (Å²) in [6.07, 6.45) is 3.55. The first-order valence-electron chi connectivity index (χ1n) is 11.1. The van der Waals surface area contributed by atoms with E-state index in [2.05, 4.69) is 60.7 Å². The van der Waals surface area contributed by atoms with E-state index in [9.17, 15) is 0 Å². The summed E-state index contributed by atoms with van der Waals surface area (Å²) in [5, 5.41) is 7.98. The SMILES string of the molecule is NCC1CCc2c(ccc3c2ccc2ccccc23)C1.Nc1ccc2ccccc2c1. The maximum absolute atomic E-state index is 5.85. The Bertz CT molecular complexity index is 1370. The van der Waals surface area contributed by atoms with Gasteiger partial charge in [-0.05, 0) is 87.3 Å². The maximum Gasteiger partial charge on any atom is 0.0320 e. The third-order valence-electron chi connectivity index (χ3n) is 6.55. The van der Waals surface area contributed by atoms with Crippen LogP contribution in [0.3, 0.4) is 0 Å². The van der Waals surface area contributed by atoms with Crippen molar-refractivity contribution in [3.05, 3.63) is 102 Å². The van der Waals surface area contributed by atoms with Gasteiger partial charge in [0.25, 0.3) is 0 Å². The number of aryl methyl sites for hydroxylation is 1. The van der Waals surface area contributed by atoms with Crippen molar-refractivity contribution >= 4 is 38.0 Å².